The molecular weight excluding hydrogens is 347 g/mol. The van der Waals surface area contributed by atoms with Gasteiger partial charge in [0.15, 0.2) is 5.82 Å². The second-order valence-electron chi connectivity index (χ2n) is 5.25. The molecule has 122 valence electrons. The van der Waals surface area contributed by atoms with E-state index in [9.17, 15) is 4.79 Å². The number of nitrogens with zero attached hydrogens (tertiary/aromatic N) is 3. The molecule has 0 saturated carbocycles. The molecule has 0 bridgehead atoms. The first-order valence-electron chi connectivity index (χ1n) is 7.25. The lowest BCUT2D eigenvalue weighted by molar-refractivity contribution is -0.115. The van der Waals surface area contributed by atoms with Gasteiger partial charge in [-0.2, -0.15) is 9.78 Å². The maximum Gasteiger partial charge on any atom is 0.229 e. The van der Waals surface area contributed by atoms with Crippen molar-refractivity contribution >= 4 is 34.9 Å². The van der Waals surface area contributed by atoms with Gasteiger partial charge in [-0.1, -0.05) is 53.5 Å². The van der Waals surface area contributed by atoms with Gasteiger partial charge >= 0.3 is 0 Å². The number of pyridine rings is 1. The van der Waals surface area contributed by atoms with Crippen LogP contribution in [0.3, 0.4) is 0 Å². The minimum Gasteiger partial charge on any atom is -0.310 e. The number of halogens is 2. The summed E-state index contributed by atoms with van der Waals surface area (Å²) in [6, 6.07) is 12.9. The summed E-state index contributed by atoms with van der Waals surface area (Å²) in [6.45, 7) is 1.83. The number of rotatable bonds is 4. The number of nitrogens with one attached hydrogen (secondary N) is 1. The van der Waals surface area contributed by atoms with E-state index in [0.29, 0.717) is 21.7 Å². The molecule has 1 amide bonds. The van der Waals surface area contributed by atoms with Crippen molar-refractivity contribution in [1.82, 2.24) is 14.8 Å². The van der Waals surface area contributed by atoms with Crippen LogP contribution in [0.2, 0.25) is 10.0 Å². The Bertz CT molecular complexity index is 878. The van der Waals surface area contributed by atoms with Crippen molar-refractivity contribution in [2.45, 2.75) is 13.3 Å². The Kier molecular flexibility index (Phi) is 4.83. The van der Waals surface area contributed by atoms with E-state index < -0.39 is 0 Å². The molecule has 3 aromatic rings. The average molecular weight is 361 g/mol. The molecule has 2 aromatic heterocycles. The number of carbonyl (C=O) groups is 1. The molecular formula is C17H14Cl2N4O. The Morgan fingerprint density at radius 2 is 1.96 bits per heavy atom. The van der Waals surface area contributed by atoms with Crippen molar-refractivity contribution in [2.75, 3.05) is 5.32 Å². The standard InChI is InChI=1S/C17H14Cl2N4O/c1-11-7-15(21-16(24)8-12-5-3-2-4-6-12)23(22-11)17-14(19)9-13(18)10-20-17/h2-7,9-10H,8H2,1H3,(H,21,24). The maximum absolute atomic E-state index is 12.3. The van der Waals surface area contributed by atoms with Gasteiger partial charge in [-0.05, 0) is 18.6 Å². The number of hydrogen-bond donors (Lipinski definition) is 1. The minimum absolute atomic E-state index is 0.146. The third kappa shape index (κ3) is 3.75. The summed E-state index contributed by atoms with van der Waals surface area (Å²) in [4.78, 5) is 16.5. The topological polar surface area (TPSA) is 59.8 Å². The Morgan fingerprint density at radius 3 is 2.67 bits per heavy atom. The van der Waals surface area contributed by atoms with Gasteiger partial charge in [0.25, 0.3) is 0 Å². The first kappa shape index (κ1) is 16.5. The third-order valence-electron chi connectivity index (χ3n) is 3.30. The zero-order chi connectivity index (χ0) is 17.1. The molecule has 0 spiro atoms. The summed E-state index contributed by atoms with van der Waals surface area (Å²) in [5.41, 5.74) is 1.67. The fraction of sp³-hybridized carbons (Fsp3) is 0.118. The number of amides is 1. The van der Waals surface area contributed by atoms with Crippen LogP contribution in [0, 0.1) is 6.92 Å². The normalized spacial score (nSPS) is 10.6. The highest BCUT2D eigenvalue weighted by Crippen LogP contribution is 2.25. The van der Waals surface area contributed by atoms with Crippen molar-refractivity contribution < 1.29 is 4.79 Å². The van der Waals surface area contributed by atoms with Crippen LogP contribution in [0.25, 0.3) is 5.82 Å². The second-order valence-corrected chi connectivity index (χ2v) is 6.10. The first-order valence-corrected chi connectivity index (χ1v) is 8.00. The van der Waals surface area contributed by atoms with Crippen molar-refractivity contribution in [1.29, 1.82) is 0 Å². The van der Waals surface area contributed by atoms with Crippen LogP contribution in [0.1, 0.15) is 11.3 Å². The van der Waals surface area contributed by atoms with Gasteiger partial charge in [-0.25, -0.2) is 4.98 Å². The molecule has 3 rings (SSSR count). The van der Waals surface area contributed by atoms with E-state index in [0.717, 1.165) is 11.3 Å². The number of hydrogen-bond acceptors (Lipinski definition) is 3. The van der Waals surface area contributed by atoms with Crippen LogP contribution in [0.15, 0.2) is 48.7 Å². The highest BCUT2D eigenvalue weighted by atomic mass is 35.5. The molecule has 0 unspecified atom stereocenters. The van der Waals surface area contributed by atoms with E-state index in [1.807, 2.05) is 37.3 Å². The SMILES string of the molecule is Cc1cc(NC(=O)Cc2ccccc2)n(-c2ncc(Cl)cc2Cl)n1. The molecule has 0 radical (unpaired) electrons. The van der Waals surface area contributed by atoms with Crippen molar-refractivity contribution in [2.24, 2.45) is 0 Å². The largest absolute Gasteiger partial charge is 0.310 e. The number of aryl methyl sites for hydroxylation is 1. The van der Waals surface area contributed by atoms with Gasteiger partial charge in [-0.15, -0.1) is 0 Å². The smallest absolute Gasteiger partial charge is 0.229 e. The fourth-order valence-corrected chi connectivity index (χ4v) is 2.74. The number of anilines is 1. The summed E-state index contributed by atoms with van der Waals surface area (Å²) in [6.07, 6.45) is 1.75. The van der Waals surface area contributed by atoms with Crippen LogP contribution < -0.4 is 5.32 Å². The molecule has 24 heavy (non-hydrogen) atoms. The van der Waals surface area contributed by atoms with E-state index in [4.69, 9.17) is 23.2 Å². The highest BCUT2D eigenvalue weighted by molar-refractivity contribution is 6.35. The van der Waals surface area contributed by atoms with E-state index in [2.05, 4.69) is 15.4 Å². The molecule has 0 aliphatic heterocycles. The molecule has 5 nitrogen and oxygen atoms in total. The molecule has 0 fully saturated rings. The van der Waals surface area contributed by atoms with Crippen LogP contribution in [0.5, 0.6) is 0 Å². The summed E-state index contributed by atoms with van der Waals surface area (Å²) >= 11 is 12.1. The van der Waals surface area contributed by atoms with E-state index >= 15 is 0 Å². The van der Waals surface area contributed by atoms with Crippen LogP contribution >= 0.6 is 23.2 Å². The van der Waals surface area contributed by atoms with Gasteiger partial charge in [0.2, 0.25) is 5.91 Å². The fourth-order valence-electron chi connectivity index (χ4n) is 2.28. The van der Waals surface area contributed by atoms with E-state index in [1.165, 1.54) is 10.9 Å². The molecule has 2 heterocycles. The van der Waals surface area contributed by atoms with Gasteiger partial charge in [0, 0.05) is 12.3 Å². The Balaban J connectivity index is 1.85. The van der Waals surface area contributed by atoms with Gasteiger partial charge in [0.05, 0.1) is 22.2 Å². The molecule has 0 saturated heterocycles. The second kappa shape index (κ2) is 7.03. The predicted octanol–water partition coefficient (Wildman–Crippen LogP) is 4.06. The Labute approximate surface area is 149 Å². The minimum atomic E-state index is -0.146. The summed E-state index contributed by atoms with van der Waals surface area (Å²) in [7, 11) is 0. The molecule has 0 atom stereocenters. The van der Waals surface area contributed by atoms with Crippen LogP contribution in [-0.2, 0) is 11.2 Å². The van der Waals surface area contributed by atoms with Crippen molar-refractivity contribution in [3.05, 3.63) is 70.0 Å². The van der Waals surface area contributed by atoms with Gasteiger partial charge < -0.3 is 5.32 Å². The predicted molar refractivity (Wildman–Crippen MR) is 94.9 cm³/mol. The number of benzene rings is 1. The summed E-state index contributed by atoms with van der Waals surface area (Å²) < 4.78 is 1.50. The van der Waals surface area contributed by atoms with Crippen molar-refractivity contribution in [3.8, 4) is 5.82 Å². The van der Waals surface area contributed by atoms with Gasteiger partial charge in [0.1, 0.15) is 5.82 Å². The lowest BCUT2D eigenvalue weighted by Crippen LogP contribution is -2.17. The summed E-state index contributed by atoms with van der Waals surface area (Å²) in [5, 5.41) is 7.98. The quantitative estimate of drug-likeness (QED) is 0.762. The Morgan fingerprint density at radius 1 is 1.21 bits per heavy atom. The third-order valence-corrected chi connectivity index (χ3v) is 3.78. The zero-order valence-electron chi connectivity index (χ0n) is 12.8. The van der Waals surface area contributed by atoms with Crippen molar-refractivity contribution in [3.63, 3.8) is 0 Å². The molecule has 1 N–H and O–H groups in total. The lowest BCUT2D eigenvalue weighted by atomic mass is 10.1. The molecule has 0 aliphatic rings. The average Bonchev–Trinajstić information content (AvgIpc) is 2.88. The van der Waals surface area contributed by atoms with Crippen LogP contribution in [0.4, 0.5) is 5.82 Å². The highest BCUT2D eigenvalue weighted by Gasteiger charge is 2.15. The summed E-state index contributed by atoms with van der Waals surface area (Å²) in [5.74, 6) is 0.766. The Hall–Kier alpha value is -2.37. The van der Waals surface area contributed by atoms with Gasteiger partial charge in [-0.3, -0.25) is 4.79 Å². The van der Waals surface area contributed by atoms with Crippen LogP contribution in [-0.4, -0.2) is 20.7 Å². The maximum atomic E-state index is 12.3. The molecule has 7 heteroatoms. The molecule has 0 aliphatic carbocycles. The lowest BCUT2D eigenvalue weighted by Gasteiger charge is -2.09. The van der Waals surface area contributed by atoms with E-state index in [1.54, 1.807) is 12.1 Å². The number of carbonyl (C=O) groups excluding carboxylic acids is 1. The van der Waals surface area contributed by atoms with E-state index in [-0.39, 0.29) is 12.3 Å². The molecule has 1 aromatic carbocycles. The number of aromatic nitrogens is 3. The zero-order valence-corrected chi connectivity index (χ0v) is 14.3. The first-order chi connectivity index (χ1) is 11.5. The monoisotopic (exact) mass is 360 g/mol.